The van der Waals surface area contributed by atoms with E-state index >= 15 is 0 Å². The van der Waals surface area contributed by atoms with Crippen LogP contribution in [-0.2, 0) is 52.9 Å². The summed E-state index contributed by atoms with van der Waals surface area (Å²) in [6, 6.07) is 0. The third-order valence-electron chi connectivity index (χ3n) is 0. The van der Waals surface area contributed by atoms with Gasteiger partial charge in [0.1, 0.15) is 0 Å². The minimum atomic E-state index is -5.17. The Labute approximate surface area is 216 Å². The molecule has 0 heterocycles. The molecule has 0 radical (unpaired) electrons. The topological polar surface area (TPSA) is 241 Å². The van der Waals surface area contributed by atoms with Crippen LogP contribution in [0.4, 0.5) is 0 Å². The first-order valence-electron chi connectivity index (χ1n) is 2.00. The number of hydrogen-bond donors (Lipinski definition) is 0. The van der Waals surface area contributed by atoms with E-state index in [4.69, 9.17) is 52.6 Å². The maximum absolute atomic E-state index is 8.52. The predicted octanol–water partition coefficient (Wildman–Crippen LogP) is -10.0. The van der Waals surface area contributed by atoms with Gasteiger partial charge in [0.05, 0.1) is 0 Å². The van der Waals surface area contributed by atoms with Crippen LogP contribution in [0.1, 0.15) is 0 Å². The van der Waals surface area contributed by atoms with Crippen LogP contribution >= 0.6 is 0 Å². The standard InChI is InChI=1S/3H2O4S.2Rb.Ti/c3*1-5(2,3)4;;;/h3*(H2,1,2,3,4);;;/q;;;2*+1;+4/p-6. The Balaban J connectivity index is -0.0000000277. The van der Waals surface area contributed by atoms with Gasteiger partial charge in [-0.25, -0.2) is 0 Å². The molecular formula is O12Rb2S3Ti. The van der Waals surface area contributed by atoms with Crippen molar-refractivity contribution in [1.82, 2.24) is 0 Å². The summed E-state index contributed by atoms with van der Waals surface area (Å²) in [6.45, 7) is 0. The Bertz CT molecular complexity index is 346. The first kappa shape index (κ1) is 37.9. The molecule has 0 saturated heterocycles. The first-order valence-corrected chi connectivity index (χ1v) is 6.00. The summed E-state index contributed by atoms with van der Waals surface area (Å²) < 4.78 is 102. The van der Waals surface area contributed by atoms with Crippen LogP contribution in [0.15, 0.2) is 0 Å². The third kappa shape index (κ3) is 462. The summed E-state index contributed by atoms with van der Waals surface area (Å²) in [7, 11) is -15.5. The van der Waals surface area contributed by atoms with Crippen molar-refractivity contribution in [2.24, 2.45) is 0 Å². The van der Waals surface area contributed by atoms with E-state index < -0.39 is 31.2 Å². The molecule has 0 amide bonds. The average Bonchev–Trinajstić information content (AvgIpc) is 1.41. The van der Waals surface area contributed by atoms with Gasteiger partial charge in [-0.1, -0.05) is 0 Å². The zero-order chi connectivity index (χ0) is 13.5. The van der Waals surface area contributed by atoms with Gasteiger partial charge >= 0.3 is 138 Å². The molecule has 12 nitrogen and oxygen atoms in total. The van der Waals surface area contributed by atoms with E-state index in [-0.39, 0.29) is 138 Å². The number of hydrogen-bond acceptors (Lipinski definition) is 12. The SMILES string of the molecule is O=S(=O)([O-])[O-].O=S(=O)([O-])[O-].O=S(=O)([O-])[O-].[Rb+].[Rb+].[Ti+4]. The molecule has 0 spiro atoms. The van der Waals surface area contributed by atoms with Gasteiger partial charge in [0.2, 0.25) is 0 Å². The maximum atomic E-state index is 8.52. The third-order valence-corrected chi connectivity index (χ3v) is 0. The Hall–Kier alpha value is 3.93. The largest absolute Gasteiger partial charge is 4.00 e. The maximum Gasteiger partial charge on any atom is 4.00 e. The Kier molecular flexibility index (Phi) is 36.4. The van der Waals surface area contributed by atoms with Crippen molar-refractivity contribution in [3.8, 4) is 0 Å². The summed E-state index contributed by atoms with van der Waals surface area (Å²) in [5, 5.41) is 0. The zero-order valence-corrected chi connectivity index (χ0v) is 22.5. The second-order valence-electron chi connectivity index (χ2n) is 1.22. The fourth-order valence-corrected chi connectivity index (χ4v) is 0. The normalized spacial score (nSPS) is 9.67. The van der Waals surface area contributed by atoms with Crippen molar-refractivity contribution in [2.45, 2.75) is 0 Å². The summed E-state index contributed by atoms with van der Waals surface area (Å²) in [4.78, 5) is 0. The van der Waals surface area contributed by atoms with Crippen LogP contribution in [0.2, 0.25) is 0 Å². The summed E-state index contributed by atoms with van der Waals surface area (Å²) in [5.41, 5.74) is 0. The monoisotopic (exact) mass is 506 g/mol. The average molecular weight is 507 g/mol. The van der Waals surface area contributed by atoms with Crippen LogP contribution in [0.5, 0.6) is 0 Å². The molecule has 0 aromatic rings. The molecule has 0 atom stereocenters. The molecule has 0 aliphatic rings. The van der Waals surface area contributed by atoms with Crippen molar-refractivity contribution < 1.29 is 191 Å². The van der Waals surface area contributed by atoms with Crippen molar-refractivity contribution in [1.29, 1.82) is 0 Å². The molecule has 18 heavy (non-hydrogen) atoms. The van der Waals surface area contributed by atoms with Crippen molar-refractivity contribution >= 4 is 31.2 Å². The quantitative estimate of drug-likeness (QED) is 0.169. The van der Waals surface area contributed by atoms with E-state index in [1.165, 1.54) is 0 Å². The van der Waals surface area contributed by atoms with Gasteiger partial charge in [-0.3, -0.25) is 25.3 Å². The van der Waals surface area contributed by atoms with Crippen LogP contribution in [-0.4, -0.2) is 52.6 Å². The van der Waals surface area contributed by atoms with Gasteiger partial charge in [-0.15, -0.1) is 0 Å². The summed E-state index contributed by atoms with van der Waals surface area (Å²) >= 11 is 0. The van der Waals surface area contributed by atoms with Crippen LogP contribution in [0, 0.1) is 0 Å². The van der Waals surface area contributed by atoms with Crippen molar-refractivity contribution in [3.05, 3.63) is 0 Å². The Morgan fingerprint density at radius 3 is 0.444 bits per heavy atom. The van der Waals surface area contributed by atoms with E-state index in [2.05, 4.69) is 0 Å². The molecule has 0 aromatic heterocycles. The van der Waals surface area contributed by atoms with Crippen LogP contribution in [0.3, 0.4) is 0 Å². The second kappa shape index (κ2) is 17.3. The molecule has 0 aliphatic carbocycles. The minimum Gasteiger partial charge on any atom is -0.759 e. The molecule has 0 rings (SSSR count). The molecule has 0 N–H and O–H groups in total. The molecule has 0 unspecified atom stereocenters. The molecule has 0 saturated carbocycles. The summed E-state index contributed by atoms with van der Waals surface area (Å²) in [6.07, 6.45) is 0. The van der Waals surface area contributed by atoms with Gasteiger partial charge in [0.25, 0.3) is 0 Å². The predicted molar refractivity (Wildman–Crippen MR) is 31.4 cm³/mol. The Morgan fingerprint density at radius 2 is 0.444 bits per heavy atom. The van der Waals surface area contributed by atoms with E-state index in [0.29, 0.717) is 0 Å². The van der Waals surface area contributed by atoms with Gasteiger partial charge in [-0.2, -0.15) is 0 Å². The van der Waals surface area contributed by atoms with Crippen molar-refractivity contribution in [3.63, 3.8) is 0 Å². The second-order valence-corrected chi connectivity index (χ2v) is 3.67. The smallest absolute Gasteiger partial charge is 0.759 e. The Morgan fingerprint density at radius 1 is 0.444 bits per heavy atom. The molecule has 96 valence electrons. The van der Waals surface area contributed by atoms with Crippen LogP contribution in [0.25, 0.3) is 0 Å². The fourth-order valence-electron chi connectivity index (χ4n) is 0. The molecular weight excluding hydrogens is 507 g/mol. The van der Waals surface area contributed by atoms with Gasteiger partial charge in [0.15, 0.2) is 0 Å². The van der Waals surface area contributed by atoms with E-state index in [9.17, 15) is 0 Å². The minimum absolute atomic E-state index is 0. The van der Waals surface area contributed by atoms with Crippen molar-refractivity contribution in [2.75, 3.05) is 0 Å². The fraction of sp³-hybridized carbons (Fsp3) is 0. The van der Waals surface area contributed by atoms with Gasteiger partial charge in [0, 0.05) is 31.2 Å². The van der Waals surface area contributed by atoms with E-state index in [1.807, 2.05) is 0 Å². The molecule has 18 heteroatoms. The molecule has 0 aromatic carbocycles. The molecule has 0 fully saturated rings. The van der Waals surface area contributed by atoms with Gasteiger partial charge < -0.3 is 27.3 Å². The van der Waals surface area contributed by atoms with Crippen LogP contribution < -0.4 is 116 Å². The first-order chi connectivity index (χ1) is 6.00. The molecule has 0 aliphatic heterocycles. The van der Waals surface area contributed by atoms with Gasteiger partial charge in [-0.05, 0) is 0 Å². The van der Waals surface area contributed by atoms with E-state index in [0.717, 1.165) is 0 Å². The molecule has 0 bridgehead atoms. The number of rotatable bonds is 0. The zero-order valence-electron chi connectivity index (χ0n) is 8.62. The summed E-state index contributed by atoms with van der Waals surface area (Å²) in [5.74, 6) is 0. The van der Waals surface area contributed by atoms with E-state index in [1.54, 1.807) is 0 Å².